The monoisotopic (exact) mass is 354 g/mol. The maximum Gasteiger partial charge on any atom is 0.422 e. The second kappa shape index (κ2) is 6.11. The molecule has 2 heterocycles. The van der Waals surface area contributed by atoms with Crippen molar-refractivity contribution in [2.75, 3.05) is 5.32 Å². The summed E-state index contributed by atoms with van der Waals surface area (Å²) in [5.74, 6) is -2.19. The van der Waals surface area contributed by atoms with Gasteiger partial charge in [0.25, 0.3) is 0 Å². The van der Waals surface area contributed by atoms with Crippen LogP contribution in [0.2, 0.25) is 0 Å². The Bertz CT molecular complexity index is 824. The first-order valence-corrected chi connectivity index (χ1v) is 7.19. The summed E-state index contributed by atoms with van der Waals surface area (Å²) in [5.41, 5.74) is -0.584. The molecule has 3 rings (SSSR count). The quantitative estimate of drug-likeness (QED) is 0.711. The minimum Gasteiger partial charge on any atom is -0.477 e. The number of carboxylic acid groups (broad SMARTS) is 1. The van der Waals surface area contributed by atoms with Crippen LogP contribution in [-0.2, 0) is 6.18 Å². The lowest BCUT2D eigenvalue weighted by Crippen LogP contribution is -2.30. The van der Waals surface area contributed by atoms with Crippen molar-refractivity contribution in [1.82, 2.24) is 15.2 Å². The number of aromatic carboxylic acids is 1. The summed E-state index contributed by atoms with van der Waals surface area (Å²) in [6, 6.07) is 0.841. The SMILES string of the molecule is C=C1CC(Nc2cncc(Oc3cc(C(=O)O)[nH]n3)c2C(F)(F)F)C1. The lowest BCUT2D eigenvalue weighted by Gasteiger charge is -2.31. The van der Waals surface area contributed by atoms with Crippen LogP contribution in [0.25, 0.3) is 0 Å². The minimum atomic E-state index is -4.70. The molecule has 0 atom stereocenters. The number of pyridine rings is 1. The molecule has 0 bridgehead atoms. The van der Waals surface area contributed by atoms with Crippen molar-refractivity contribution in [3.8, 4) is 11.6 Å². The number of carboxylic acids is 1. The molecule has 1 saturated carbocycles. The van der Waals surface area contributed by atoms with Gasteiger partial charge in [0.05, 0.1) is 18.1 Å². The molecule has 1 fully saturated rings. The third-order valence-electron chi connectivity index (χ3n) is 3.62. The van der Waals surface area contributed by atoms with Crippen LogP contribution in [0.1, 0.15) is 28.9 Å². The number of carbonyl (C=O) groups is 1. The summed E-state index contributed by atoms with van der Waals surface area (Å²) in [6.07, 6.45) is -1.55. The smallest absolute Gasteiger partial charge is 0.422 e. The number of aromatic amines is 1. The number of anilines is 1. The molecule has 0 amide bonds. The van der Waals surface area contributed by atoms with Crippen molar-refractivity contribution in [3.05, 3.63) is 41.9 Å². The molecule has 0 unspecified atom stereocenters. The Hall–Kier alpha value is -3.04. The first-order chi connectivity index (χ1) is 11.7. The van der Waals surface area contributed by atoms with Crippen molar-refractivity contribution < 1.29 is 27.8 Å². The van der Waals surface area contributed by atoms with Gasteiger partial charge in [0.2, 0.25) is 5.88 Å². The fourth-order valence-electron chi connectivity index (χ4n) is 2.46. The topological polar surface area (TPSA) is 100 Å². The van der Waals surface area contributed by atoms with Crippen LogP contribution in [0.4, 0.5) is 18.9 Å². The van der Waals surface area contributed by atoms with E-state index in [-0.39, 0.29) is 23.3 Å². The molecule has 2 aromatic rings. The normalized spacial score (nSPS) is 14.9. The van der Waals surface area contributed by atoms with Gasteiger partial charge >= 0.3 is 12.1 Å². The molecule has 1 aliphatic carbocycles. The summed E-state index contributed by atoms with van der Waals surface area (Å²) >= 11 is 0. The highest BCUT2D eigenvalue weighted by Crippen LogP contribution is 2.43. The number of aromatic nitrogens is 3. The van der Waals surface area contributed by atoms with Crippen LogP contribution in [0.3, 0.4) is 0 Å². The van der Waals surface area contributed by atoms with E-state index in [1.165, 1.54) is 0 Å². The van der Waals surface area contributed by atoms with Crippen molar-refractivity contribution in [2.24, 2.45) is 0 Å². The van der Waals surface area contributed by atoms with E-state index in [1.54, 1.807) is 0 Å². The Morgan fingerprint density at radius 2 is 2.12 bits per heavy atom. The van der Waals surface area contributed by atoms with Crippen LogP contribution in [0.15, 0.2) is 30.6 Å². The minimum absolute atomic E-state index is 0.144. The Balaban J connectivity index is 1.91. The zero-order chi connectivity index (χ0) is 18.2. The second-order valence-corrected chi connectivity index (χ2v) is 5.58. The standard InChI is InChI=1S/C15H13F3N4O3/c1-7-2-8(3-7)20-10-5-19-6-11(13(10)15(16,17)18)25-12-4-9(14(23)24)21-22-12/h4-6,8,20H,1-3H2,(H,21,22)(H,23,24). The third kappa shape index (κ3) is 3.57. The van der Waals surface area contributed by atoms with Gasteiger partial charge in [-0.1, -0.05) is 12.2 Å². The number of ether oxygens (including phenoxy) is 1. The van der Waals surface area contributed by atoms with Gasteiger partial charge in [-0.3, -0.25) is 10.1 Å². The zero-order valence-electron chi connectivity index (χ0n) is 12.7. The molecular formula is C15H13F3N4O3. The first-order valence-electron chi connectivity index (χ1n) is 7.19. The summed E-state index contributed by atoms with van der Waals surface area (Å²) in [7, 11) is 0. The van der Waals surface area contributed by atoms with Gasteiger partial charge in [0.15, 0.2) is 5.75 Å². The number of H-pyrrole nitrogens is 1. The molecule has 3 N–H and O–H groups in total. The van der Waals surface area contributed by atoms with E-state index in [9.17, 15) is 18.0 Å². The highest BCUT2D eigenvalue weighted by Gasteiger charge is 2.39. The van der Waals surface area contributed by atoms with Crippen LogP contribution in [0.5, 0.6) is 11.6 Å². The largest absolute Gasteiger partial charge is 0.477 e. The fourth-order valence-corrected chi connectivity index (χ4v) is 2.46. The van der Waals surface area contributed by atoms with Crippen molar-refractivity contribution in [3.63, 3.8) is 0 Å². The number of halogens is 3. The maximum absolute atomic E-state index is 13.5. The Morgan fingerprint density at radius 3 is 2.68 bits per heavy atom. The van der Waals surface area contributed by atoms with Crippen molar-refractivity contribution >= 4 is 11.7 Å². The number of hydrogen-bond acceptors (Lipinski definition) is 5. The number of rotatable bonds is 5. The van der Waals surface area contributed by atoms with E-state index >= 15 is 0 Å². The van der Waals surface area contributed by atoms with Gasteiger partial charge in [0, 0.05) is 12.1 Å². The van der Waals surface area contributed by atoms with E-state index in [4.69, 9.17) is 9.84 Å². The lowest BCUT2D eigenvalue weighted by molar-refractivity contribution is -0.138. The van der Waals surface area contributed by atoms with Gasteiger partial charge in [-0.05, 0) is 12.8 Å². The molecule has 1 aliphatic rings. The summed E-state index contributed by atoms with van der Waals surface area (Å²) < 4.78 is 45.6. The van der Waals surface area contributed by atoms with Crippen LogP contribution in [-0.4, -0.2) is 32.3 Å². The van der Waals surface area contributed by atoms with Crippen LogP contribution >= 0.6 is 0 Å². The van der Waals surface area contributed by atoms with Gasteiger partial charge in [-0.2, -0.15) is 13.2 Å². The number of hydrogen-bond donors (Lipinski definition) is 3. The second-order valence-electron chi connectivity index (χ2n) is 5.58. The van der Waals surface area contributed by atoms with E-state index in [0.717, 1.165) is 24.0 Å². The Morgan fingerprint density at radius 1 is 1.40 bits per heavy atom. The average molecular weight is 354 g/mol. The highest BCUT2D eigenvalue weighted by molar-refractivity contribution is 5.85. The number of nitrogens with zero attached hydrogens (tertiary/aromatic N) is 2. The molecule has 0 aromatic carbocycles. The molecule has 0 radical (unpaired) electrons. The van der Waals surface area contributed by atoms with Crippen molar-refractivity contribution in [2.45, 2.75) is 25.1 Å². The maximum atomic E-state index is 13.5. The predicted molar refractivity (Wildman–Crippen MR) is 80.6 cm³/mol. The number of nitrogens with one attached hydrogen (secondary N) is 2. The molecule has 0 spiro atoms. The average Bonchev–Trinajstić information content (AvgIpc) is 2.93. The van der Waals surface area contributed by atoms with E-state index in [0.29, 0.717) is 12.8 Å². The first kappa shape index (κ1) is 16.8. The molecule has 25 heavy (non-hydrogen) atoms. The zero-order valence-corrected chi connectivity index (χ0v) is 12.7. The number of alkyl halides is 3. The van der Waals surface area contributed by atoms with E-state index in [2.05, 4.69) is 27.1 Å². The van der Waals surface area contributed by atoms with Crippen LogP contribution in [0, 0.1) is 0 Å². The molecule has 2 aromatic heterocycles. The van der Waals surface area contributed by atoms with Gasteiger partial charge in [-0.15, -0.1) is 5.10 Å². The lowest BCUT2D eigenvalue weighted by atomic mass is 9.87. The molecular weight excluding hydrogens is 341 g/mol. The van der Waals surface area contributed by atoms with E-state index in [1.807, 2.05) is 0 Å². The molecule has 0 saturated heterocycles. The van der Waals surface area contributed by atoms with Crippen molar-refractivity contribution in [1.29, 1.82) is 0 Å². The van der Waals surface area contributed by atoms with Crippen LogP contribution < -0.4 is 10.1 Å². The van der Waals surface area contributed by atoms with Gasteiger partial charge in [-0.25, -0.2) is 4.79 Å². The van der Waals surface area contributed by atoms with Gasteiger partial charge in [0.1, 0.15) is 11.3 Å². The summed E-state index contributed by atoms with van der Waals surface area (Å²) in [5, 5.41) is 17.3. The summed E-state index contributed by atoms with van der Waals surface area (Å²) in [6.45, 7) is 3.75. The molecule has 132 valence electrons. The molecule has 10 heteroatoms. The fraction of sp³-hybridized carbons (Fsp3) is 0.267. The van der Waals surface area contributed by atoms with E-state index < -0.39 is 23.5 Å². The molecule has 0 aliphatic heterocycles. The molecule has 7 nitrogen and oxygen atoms in total. The third-order valence-corrected chi connectivity index (χ3v) is 3.62. The Labute approximate surface area is 139 Å². The summed E-state index contributed by atoms with van der Waals surface area (Å²) in [4.78, 5) is 14.6. The van der Waals surface area contributed by atoms with Gasteiger partial charge < -0.3 is 15.2 Å². The Kier molecular flexibility index (Phi) is 4.11. The predicted octanol–water partition coefficient (Wildman–Crippen LogP) is 3.44. The highest BCUT2D eigenvalue weighted by atomic mass is 19.4.